The molecule has 10 heteroatoms. The van der Waals surface area contributed by atoms with E-state index < -0.39 is 10.8 Å². The first-order valence-electron chi connectivity index (χ1n) is 9.31. The van der Waals surface area contributed by atoms with E-state index >= 15 is 0 Å². The fourth-order valence-corrected chi connectivity index (χ4v) is 2.66. The van der Waals surface area contributed by atoms with Crippen molar-refractivity contribution in [3.8, 4) is 11.7 Å². The Morgan fingerprint density at radius 2 is 1.93 bits per heavy atom. The smallest absolute Gasteiger partial charge is 0.311 e. The third-order valence-electron chi connectivity index (χ3n) is 4.18. The summed E-state index contributed by atoms with van der Waals surface area (Å²) in [7, 11) is 0. The average molecular weight is 410 g/mol. The highest BCUT2D eigenvalue weighted by molar-refractivity contribution is 6.04. The van der Waals surface area contributed by atoms with Gasteiger partial charge in [0.05, 0.1) is 17.2 Å². The lowest BCUT2D eigenvalue weighted by Gasteiger charge is -2.13. The number of anilines is 1. The van der Waals surface area contributed by atoms with E-state index in [0.29, 0.717) is 11.8 Å². The Balaban J connectivity index is 1.98. The van der Waals surface area contributed by atoms with Gasteiger partial charge in [0.15, 0.2) is 5.75 Å². The molecule has 3 rings (SSSR count). The van der Waals surface area contributed by atoms with Gasteiger partial charge in [-0.3, -0.25) is 14.9 Å². The molecule has 1 N–H and O–H groups in total. The van der Waals surface area contributed by atoms with Crippen molar-refractivity contribution in [2.24, 2.45) is 0 Å². The minimum absolute atomic E-state index is 0.108. The molecular weight excluding hydrogens is 388 g/mol. The number of rotatable bonds is 6. The molecule has 0 fully saturated rings. The summed E-state index contributed by atoms with van der Waals surface area (Å²) < 4.78 is 6.70. The van der Waals surface area contributed by atoms with Crippen LogP contribution in [0.3, 0.4) is 0 Å². The van der Waals surface area contributed by atoms with Crippen molar-refractivity contribution in [3.05, 3.63) is 64.1 Å². The van der Waals surface area contributed by atoms with Crippen LogP contribution in [-0.2, 0) is 5.41 Å². The monoisotopic (exact) mass is 410 g/mol. The van der Waals surface area contributed by atoms with Gasteiger partial charge in [-0.1, -0.05) is 20.8 Å². The van der Waals surface area contributed by atoms with E-state index in [1.165, 1.54) is 22.9 Å². The number of nitrogens with zero attached hydrogens (tertiary/aromatic N) is 5. The molecule has 0 saturated carbocycles. The van der Waals surface area contributed by atoms with Crippen molar-refractivity contribution in [2.45, 2.75) is 33.1 Å². The number of aromatic nitrogens is 4. The normalized spacial score (nSPS) is 11.2. The van der Waals surface area contributed by atoms with Gasteiger partial charge in [-0.15, -0.1) is 0 Å². The molecule has 0 radical (unpaired) electrons. The molecule has 3 aromatic rings. The molecule has 2 heterocycles. The Bertz CT molecular complexity index is 1070. The number of carbonyl (C=O) groups is 1. The fraction of sp³-hybridized carbons (Fsp3) is 0.300. The highest BCUT2D eigenvalue weighted by atomic mass is 16.6. The van der Waals surface area contributed by atoms with Gasteiger partial charge in [0.2, 0.25) is 0 Å². The van der Waals surface area contributed by atoms with Crippen molar-refractivity contribution >= 4 is 17.4 Å². The predicted molar refractivity (Wildman–Crippen MR) is 110 cm³/mol. The Labute approximate surface area is 173 Å². The summed E-state index contributed by atoms with van der Waals surface area (Å²) in [5.74, 6) is 0.226. The Morgan fingerprint density at radius 1 is 1.23 bits per heavy atom. The topological polar surface area (TPSA) is 125 Å². The second-order valence-corrected chi connectivity index (χ2v) is 7.45. The Morgan fingerprint density at radius 3 is 2.53 bits per heavy atom. The summed E-state index contributed by atoms with van der Waals surface area (Å²) >= 11 is 0. The van der Waals surface area contributed by atoms with Crippen LogP contribution in [0.4, 0.5) is 11.5 Å². The average Bonchev–Trinajstić information content (AvgIpc) is 3.13. The van der Waals surface area contributed by atoms with Crippen molar-refractivity contribution in [2.75, 3.05) is 11.9 Å². The van der Waals surface area contributed by atoms with Crippen LogP contribution in [-0.4, -0.2) is 37.2 Å². The lowest BCUT2D eigenvalue weighted by atomic mass is 9.92. The number of nitro benzene ring substituents is 1. The highest BCUT2D eigenvalue weighted by Gasteiger charge is 2.24. The molecule has 0 aliphatic rings. The maximum atomic E-state index is 12.8. The predicted octanol–water partition coefficient (Wildman–Crippen LogP) is 3.52. The lowest BCUT2D eigenvalue weighted by Crippen LogP contribution is -2.16. The first-order valence-corrected chi connectivity index (χ1v) is 9.31. The number of benzene rings is 1. The van der Waals surface area contributed by atoms with Gasteiger partial charge in [-0.05, 0) is 25.1 Å². The van der Waals surface area contributed by atoms with Gasteiger partial charge >= 0.3 is 5.69 Å². The molecular formula is C20H22N6O4. The molecule has 0 aliphatic heterocycles. The highest BCUT2D eigenvalue weighted by Crippen LogP contribution is 2.29. The second-order valence-electron chi connectivity index (χ2n) is 7.45. The molecule has 0 spiro atoms. The summed E-state index contributed by atoms with van der Waals surface area (Å²) in [4.78, 5) is 32.0. The molecule has 10 nitrogen and oxygen atoms in total. The number of carbonyl (C=O) groups excluding carboxylic acids is 1. The first-order chi connectivity index (χ1) is 14.2. The summed E-state index contributed by atoms with van der Waals surface area (Å²) in [6, 6.07) is 7.48. The van der Waals surface area contributed by atoms with E-state index in [2.05, 4.69) is 20.4 Å². The van der Waals surface area contributed by atoms with E-state index in [1.807, 2.05) is 20.8 Å². The number of hydrogen-bond acceptors (Lipinski definition) is 7. The molecule has 156 valence electrons. The van der Waals surface area contributed by atoms with Crippen molar-refractivity contribution in [1.29, 1.82) is 0 Å². The molecule has 0 bridgehead atoms. The van der Waals surface area contributed by atoms with Crippen LogP contribution in [0.1, 0.15) is 43.7 Å². The molecule has 1 aromatic carbocycles. The summed E-state index contributed by atoms with van der Waals surface area (Å²) in [6.07, 6.45) is 3.14. The van der Waals surface area contributed by atoms with Crippen molar-refractivity contribution in [3.63, 3.8) is 0 Å². The van der Waals surface area contributed by atoms with E-state index in [-0.39, 0.29) is 29.0 Å². The minimum atomic E-state index is -0.582. The van der Waals surface area contributed by atoms with E-state index in [0.717, 1.165) is 5.69 Å². The molecule has 0 saturated heterocycles. The first kappa shape index (κ1) is 20.9. The third kappa shape index (κ3) is 4.43. The van der Waals surface area contributed by atoms with E-state index in [4.69, 9.17) is 4.74 Å². The molecule has 1 amide bonds. The summed E-state index contributed by atoms with van der Waals surface area (Å²) in [6.45, 7) is 7.98. The summed E-state index contributed by atoms with van der Waals surface area (Å²) in [5, 5.41) is 18.6. The lowest BCUT2D eigenvalue weighted by molar-refractivity contribution is -0.385. The number of hydrogen-bond donors (Lipinski definition) is 1. The van der Waals surface area contributed by atoms with Crippen molar-refractivity contribution in [1.82, 2.24) is 19.7 Å². The maximum Gasteiger partial charge on any atom is 0.311 e. The van der Waals surface area contributed by atoms with Gasteiger partial charge in [0, 0.05) is 35.5 Å². The van der Waals surface area contributed by atoms with Gasteiger partial charge in [-0.25, -0.2) is 9.97 Å². The van der Waals surface area contributed by atoms with Crippen LogP contribution < -0.4 is 10.1 Å². The molecule has 0 unspecified atom stereocenters. The van der Waals surface area contributed by atoms with Crippen molar-refractivity contribution < 1.29 is 14.5 Å². The zero-order chi connectivity index (χ0) is 21.9. The minimum Gasteiger partial charge on any atom is -0.487 e. The van der Waals surface area contributed by atoms with Gasteiger partial charge in [0.25, 0.3) is 11.9 Å². The van der Waals surface area contributed by atoms with Crippen LogP contribution >= 0.6 is 0 Å². The summed E-state index contributed by atoms with van der Waals surface area (Å²) in [5.41, 5.74) is 0.282. The number of nitrogens with one attached hydrogen (secondary N) is 1. The number of nitro groups is 1. The Kier molecular flexibility index (Phi) is 5.77. The second kappa shape index (κ2) is 8.27. The largest absolute Gasteiger partial charge is 0.487 e. The molecule has 30 heavy (non-hydrogen) atoms. The standard InChI is InChI=1S/C20H22N6O4/c1-5-30-15-8-7-13(11-14(15)26(28)29)18(27)23-17-12-16(20(2,3)4)24-25(17)19-21-9-6-10-22-19/h6-12H,5H2,1-4H3,(H,23,27). The van der Waals surface area contributed by atoms with Gasteiger partial charge < -0.3 is 10.1 Å². The fourth-order valence-electron chi connectivity index (χ4n) is 2.66. The zero-order valence-electron chi connectivity index (χ0n) is 17.1. The van der Waals surface area contributed by atoms with Gasteiger partial charge in [0.1, 0.15) is 5.82 Å². The van der Waals surface area contributed by atoms with Crippen LogP contribution in [0.15, 0.2) is 42.7 Å². The number of ether oxygens (including phenoxy) is 1. The quantitative estimate of drug-likeness (QED) is 0.487. The van der Waals surface area contributed by atoms with Crippen LogP contribution in [0, 0.1) is 10.1 Å². The zero-order valence-corrected chi connectivity index (χ0v) is 17.1. The number of amides is 1. The van der Waals surface area contributed by atoms with E-state index in [1.54, 1.807) is 31.5 Å². The van der Waals surface area contributed by atoms with Crippen LogP contribution in [0.5, 0.6) is 5.75 Å². The van der Waals surface area contributed by atoms with Crippen LogP contribution in [0.2, 0.25) is 0 Å². The van der Waals surface area contributed by atoms with Gasteiger partial charge in [-0.2, -0.15) is 9.78 Å². The van der Waals surface area contributed by atoms with E-state index in [9.17, 15) is 14.9 Å². The van der Waals surface area contributed by atoms with Crippen LogP contribution in [0.25, 0.3) is 5.95 Å². The third-order valence-corrected chi connectivity index (χ3v) is 4.18. The molecule has 0 aliphatic carbocycles. The Hall–Kier alpha value is -3.82. The molecule has 0 atom stereocenters. The SMILES string of the molecule is CCOc1ccc(C(=O)Nc2cc(C(C)(C)C)nn2-c2ncccn2)cc1[N+](=O)[O-]. The molecule has 2 aromatic heterocycles. The maximum absolute atomic E-state index is 12.8.